The zero-order valence-corrected chi connectivity index (χ0v) is 13.9. The third-order valence-electron chi connectivity index (χ3n) is 3.31. The van der Waals surface area contributed by atoms with Gasteiger partial charge in [0, 0.05) is 10.5 Å². The lowest BCUT2D eigenvalue weighted by Crippen LogP contribution is -2.37. The smallest absolute Gasteiger partial charge is 0.285 e. The van der Waals surface area contributed by atoms with E-state index in [1.807, 2.05) is 6.07 Å². The predicted octanol–water partition coefficient (Wildman–Crippen LogP) is 4.95. The molecule has 6 nitrogen and oxygen atoms in total. The largest absolute Gasteiger partial charge is 0.444 e. The van der Waals surface area contributed by atoms with Crippen LogP contribution in [-0.2, 0) is 10.6 Å². The van der Waals surface area contributed by atoms with E-state index in [9.17, 15) is 4.79 Å². The van der Waals surface area contributed by atoms with Crippen LogP contribution in [0.25, 0.3) is 10.4 Å². The van der Waals surface area contributed by atoms with Crippen molar-refractivity contribution in [2.24, 2.45) is 5.11 Å². The molecule has 1 aliphatic rings. The normalized spacial score (nSPS) is 18.3. The molecule has 0 fully saturated rings. The molecule has 1 aliphatic heterocycles. The van der Waals surface area contributed by atoms with E-state index in [0.717, 1.165) is 0 Å². The second-order valence-corrected chi connectivity index (χ2v) is 5.97. The van der Waals surface area contributed by atoms with Crippen LogP contribution in [0.2, 0.25) is 5.02 Å². The molecular weight excluding hydrogens is 386 g/mol. The van der Waals surface area contributed by atoms with Crippen molar-refractivity contribution in [2.75, 3.05) is 0 Å². The van der Waals surface area contributed by atoms with Gasteiger partial charge in [0.05, 0.1) is 15.9 Å². The maximum Gasteiger partial charge on any atom is 0.285 e. The molecule has 116 valence electrons. The van der Waals surface area contributed by atoms with Crippen molar-refractivity contribution in [2.45, 2.75) is 12.2 Å². The summed E-state index contributed by atoms with van der Waals surface area (Å²) < 4.78 is 12.4. The van der Waals surface area contributed by atoms with Crippen LogP contribution in [0.1, 0.15) is 12.0 Å². The Morgan fingerprint density at radius 2 is 2.00 bits per heavy atom. The summed E-state index contributed by atoms with van der Waals surface area (Å²) in [4.78, 5) is 14.4. The minimum Gasteiger partial charge on any atom is -0.444 e. The molecule has 0 aromatic heterocycles. The fourth-order valence-electron chi connectivity index (χ4n) is 2.32. The summed E-state index contributed by atoms with van der Waals surface area (Å²) in [5, 5.41) is 3.56. The third kappa shape index (κ3) is 2.86. The SMILES string of the molecule is [N-]=[N+]=NC(=O)CC1(c2ccccc2)Oc2ccc(Cl)c(Br)c2O1. The maximum atomic E-state index is 11.9. The Balaban J connectivity index is 2.07. The first-order valence-corrected chi connectivity index (χ1v) is 7.72. The Bertz CT molecular complexity index is 824. The molecule has 1 atom stereocenters. The van der Waals surface area contributed by atoms with Crippen molar-refractivity contribution in [1.82, 2.24) is 0 Å². The average Bonchev–Trinajstić information content (AvgIpc) is 2.92. The standard InChI is InChI=1S/C15H9BrClN3O3/c16-13-10(17)6-7-11-14(13)23-15(22-11,8-12(21)19-20-18)9-4-2-1-3-5-9/h1-7H,8H2. The van der Waals surface area contributed by atoms with Crippen molar-refractivity contribution < 1.29 is 14.3 Å². The first kappa shape index (κ1) is 15.7. The average molecular weight is 395 g/mol. The Kier molecular flexibility index (Phi) is 4.17. The van der Waals surface area contributed by atoms with Gasteiger partial charge in [0.2, 0.25) is 5.91 Å². The predicted molar refractivity (Wildman–Crippen MR) is 87.3 cm³/mol. The molecule has 0 radical (unpaired) electrons. The second kappa shape index (κ2) is 6.12. The maximum absolute atomic E-state index is 11.9. The molecule has 23 heavy (non-hydrogen) atoms. The molecule has 0 aliphatic carbocycles. The van der Waals surface area contributed by atoms with Gasteiger partial charge in [-0.05, 0) is 38.7 Å². The topological polar surface area (TPSA) is 84.3 Å². The van der Waals surface area contributed by atoms with Gasteiger partial charge in [-0.1, -0.05) is 41.9 Å². The Labute approximate surface area is 144 Å². The first-order valence-electron chi connectivity index (χ1n) is 6.55. The molecule has 0 saturated carbocycles. The summed E-state index contributed by atoms with van der Waals surface area (Å²) in [5.74, 6) is -1.25. The number of amides is 1. The fourth-order valence-corrected chi connectivity index (χ4v) is 2.88. The van der Waals surface area contributed by atoms with Gasteiger partial charge in [0.1, 0.15) is 0 Å². The number of nitrogens with zero attached hydrogens (tertiary/aromatic N) is 3. The number of ether oxygens (including phenoxy) is 2. The number of hydrogen-bond donors (Lipinski definition) is 0. The molecule has 8 heteroatoms. The van der Waals surface area contributed by atoms with Crippen LogP contribution in [0.4, 0.5) is 0 Å². The molecule has 0 N–H and O–H groups in total. The highest BCUT2D eigenvalue weighted by Crippen LogP contribution is 2.51. The van der Waals surface area contributed by atoms with Crippen LogP contribution in [-0.4, -0.2) is 5.91 Å². The number of halogens is 2. The molecule has 1 heterocycles. The summed E-state index contributed by atoms with van der Waals surface area (Å²) >= 11 is 9.42. The van der Waals surface area contributed by atoms with Crippen molar-refractivity contribution in [3.05, 3.63) is 68.0 Å². The van der Waals surface area contributed by atoms with Crippen molar-refractivity contribution in [3.8, 4) is 11.5 Å². The molecule has 0 bridgehead atoms. The summed E-state index contributed by atoms with van der Waals surface area (Å²) in [7, 11) is 0. The van der Waals surface area contributed by atoms with E-state index >= 15 is 0 Å². The molecule has 2 aromatic rings. The number of benzene rings is 2. The molecular formula is C15H9BrClN3O3. The van der Waals surface area contributed by atoms with Crippen LogP contribution < -0.4 is 9.47 Å². The van der Waals surface area contributed by atoms with Gasteiger partial charge in [-0.15, -0.1) is 0 Å². The van der Waals surface area contributed by atoms with Crippen molar-refractivity contribution >= 4 is 33.4 Å². The van der Waals surface area contributed by atoms with E-state index in [2.05, 4.69) is 26.0 Å². The molecule has 0 spiro atoms. The Hall–Kier alpha value is -2.21. The highest BCUT2D eigenvalue weighted by molar-refractivity contribution is 9.10. The molecule has 1 amide bonds. The zero-order chi connectivity index (χ0) is 16.4. The third-order valence-corrected chi connectivity index (χ3v) is 4.64. The minimum absolute atomic E-state index is 0.264. The van der Waals surface area contributed by atoms with Gasteiger partial charge in [0.25, 0.3) is 5.79 Å². The minimum atomic E-state index is -1.40. The van der Waals surface area contributed by atoms with E-state index in [1.54, 1.807) is 36.4 Å². The van der Waals surface area contributed by atoms with Crippen molar-refractivity contribution in [1.29, 1.82) is 0 Å². The Morgan fingerprint density at radius 3 is 2.70 bits per heavy atom. The quantitative estimate of drug-likeness (QED) is 0.419. The van der Waals surface area contributed by atoms with Gasteiger partial charge < -0.3 is 9.47 Å². The monoisotopic (exact) mass is 393 g/mol. The van der Waals surface area contributed by atoms with Gasteiger partial charge in [-0.25, -0.2) is 0 Å². The van der Waals surface area contributed by atoms with Gasteiger partial charge in [-0.3, -0.25) is 4.79 Å². The number of carbonyl (C=O) groups is 1. The fraction of sp³-hybridized carbons (Fsp3) is 0.133. The lowest BCUT2D eigenvalue weighted by Gasteiger charge is -2.27. The lowest BCUT2D eigenvalue weighted by atomic mass is 10.0. The van der Waals surface area contributed by atoms with E-state index < -0.39 is 11.7 Å². The number of carbonyl (C=O) groups excluding carboxylic acids is 1. The van der Waals surface area contributed by atoms with Crippen molar-refractivity contribution in [3.63, 3.8) is 0 Å². The summed E-state index contributed by atoms with van der Waals surface area (Å²) in [6.45, 7) is 0. The highest BCUT2D eigenvalue weighted by Gasteiger charge is 2.46. The molecule has 0 saturated heterocycles. The van der Waals surface area contributed by atoms with E-state index in [-0.39, 0.29) is 6.42 Å². The van der Waals surface area contributed by atoms with E-state index in [4.69, 9.17) is 26.6 Å². The van der Waals surface area contributed by atoms with E-state index in [0.29, 0.717) is 26.6 Å². The lowest BCUT2D eigenvalue weighted by molar-refractivity contribution is -0.135. The first-order chi connectivity index (χ1) is 11.1. The highest BCUT2D eigenvalue weighted by atomic mass is 79.9. The second-order valence-electron chi connectivity index (χ2n) is 4.77. The summed E-state index contributed by atoms with van der Waals surface area (Å²) in [5.41, 5.74) is 9.08. The van der Waals surface area contributed by atoms with Gasteiger partial charge >= 0.3 is 0 Å². The van der Waals surface area contributed by atoms with Gasteiger partial charge in [-0.2, -0.15) is 0 Å². The van der Waals surface area contributed by atoms with Crippen LogP contribution in [0.3, 0.4) is 0 Å². The van der Waals surface area contributed by atoms with Crippen LogP contribution in [0, 0.1) is 0 Å². The number of azide groups is 1. The summed E-state index contributed by atoms with van der Waals surface area (Å²) in [6, 6.07) is 12.3. The summed E-state index contributed by atoms with van der Waals surface area (Å²) in [6.07, 6.45) is -0.264. The Morgan fingerprint density at radius 1 is 1.26 bits per heavy atom. The molecule has 3 rings (SSSR count). The number of fused-ring (bicyclic) bond motifs is 1. The van der Waals surface area contributed by atoms with Crippen LogP contribution in [0.5, 0.6) is 11.5 Å². The molecule has 1 unspecified atom stereocenters. The number of hydrogen-bond acceptors (Lipinski definition) is 3. The number of rotatable bonds is 3. The van der Waals surface area contributed by atoms with E-state index in [1.165, 1.54) is 0 Å². The van der Waals surface area contributed by atoms with Crippen LogP contribution in [0.15, 0.2) is 52.1 Å². The molecule has 2 aromatic carbocycles. The van der Waals surface area contributed by atoms with Crippen LogP contribution >= 0.6 is 27.5 Å². The van der Waals surface area contributed by atoms with Gasteiger partial charge in [0.15, 0.2) is 11.5 Å². The zero-order valence-electron chi connectivity index (χ0n) is 11.6.